The molecule has 1 fully saturated rings. The van der Waals surface area contributed by atoms with Crippen LogP contribution in [-0.2, 0) is 9.53 Å². The number of nitrogens with one attached hydrogen (secondary N) is 2. The molecule has 0 amide bonds. The highest BCUT2D eigenvalue weighted by atomic mass is 16.5. The first-order chi connectivity index (χ1) is 7.19. The predicted molar refractivity (Wildman–Crippen MR) is 59.7 cm³/mol. The molecule has 0 aliphatic carbocycles. The molecule has 1 aliphatic heterocycles. The molecule has 0 aromatic rings. The Balaban J connectivity index is 2.51. The standard InChI is InChI=1S/C11H22N2O2/c1-4-8(2)10(11(14)15-3)13-9-5-6-12-7-9/h8-10,12-13H,4-7H2,1-3H3. The van der Waals surface area contributed by atoms with Crippen molar-refractivity contribution < 1.29 is 9.53 Å². The number of rotatable bonds is 5. The van der Waals surface area contributed by atoms with E-state index >= 15 is 0 Å². The molecule has 15 heavy (non-hydrogen) atoms. The highest BCUT2D eigenvalue weighted by Gasteiger charge is 2.28. The van der Waals surface area contributed by atoms with Crippen LogP contribution in [0.5, 0.6) is 0 Å². The van der Waals surface area contributed by atoms with E-state index in [4.69, 9.17) is 4.74 Å². The molecule has 0 aromatic heterocycles. The minimum Gasteiger partial charge on any atom is -0.468 e. The van der Waals surface area contributed by atoms with E-state index in [9.17, 15) is 4.79 Å². The van der Waals surface area contributed by atoms with Crippen LogP contribution >= 0.6 is 0 Å². The maximum atomic E-state index is 11.6. The maximum absolute atomic E-state index is 11.6. The summed E-state index contributed by atoms with van der Waals surface area (Å²) in [5.41, 5.74) is 0. The molecule has 0 aromatic carbocycles. The van der Waals surface area contributed by atoms with Gasteiger partial charge in [-0.05, 0) is 18.9 Å². The highest BCUT2D eigenvalue weighted by molar-refractivity contribution is 5.76. The second-order valence-electron chi connectivity index (χ2n) is 4.24. The fourth-order valence-electron chi connectivity index (χ4n) is 1.88. The topological polar surface area (TPSA) is 50.4 Å². The van der Waals surface area contributed by atoms with Crippen molar-refractivity contribution in [3.63, 3.8) is 0 Å². The van der Waals surface area contributed by atoms with E-state index in [0.717, 1.165) is 25.9 Å². The lowest BCUT2D eigenvalue weighted by atomic mass is 9.98. The van der Waals surface area contributed by atoms with Crippen molar-refractivity contribution in [2.45, 2.75) is 38.8 Å². The van der Waals surface area contributed by atoms with Crippen molar-refractivity contribution in [3.8, 4) is 0 Å². The van der Waals surface area contributed by atoms with E-state index in [1.807, 2.05) is 0 Å². The Labute approximate surface area is 91.8 Å². The SMILES string of the molecule is CCC(C)C(NC1CCNC1)C(=O)OC. The number of esters is 1. The van der Waals surface area contributed by atoms with Crippen LogP contribution in [0.15, 0.2) is 0 Å². The Bertz CT molecular complexity index is 203. The molecule has 88 valence electrons. The van der Waals surface area contributed by atoms with Gasteiger partial charge in [0.15, 0.2) is 0 Å². The molecule has 0 radical (unpaired) electrons. The zero-order chi connectivity index (χ0) is 11.3. The molecule has 4 nitrogen and oxygen atoms in total. The zero-order valence-corrected chi connectivity index (χ0v) is 9.88. The molecule has 1 heterocycles. The lowest BCUT2D eigenvalue weighted by molar-refractivity contribution is -0.144. The molecule has 1 saturated heterocycles. The molecular weight excluding hydrogens is 192 g/mol. The summed E-state index contributed by atoms with van der Waals surface area (Å²) in [4.78, 5) is 11.6. The summed E-state index contributed by atoms with van der Waals surface area (Å²) in [6.45, 7) is 6.15. The lowest BCUT2D eigenvalue weighted by Crippen LogP contribution is -2.48. The second kappa shape index (κ2) is 6.08. The number of carbonyl (C=O) groups excluding carboxylic acids is 1. The summed E-state index contributed by atoms with van der Waals surface area (Å²) in [6, 6.07) is 0.244. The Morgan fingerprint density at radius 2 is 2.40 bits per heavy atom. The van der Waals surface area contributed by atoms with Crippen LogP contribution in [-0.4, -0.2) is 38.3 Å². The third kappa shape index (κ3) is 3.47. The summed E-state index contributed by atoms with van der Waals surface area (Å²) in [7, 11) is 1.45. The van der Waals surface area contributed by atoms with Gasteiger partial charge >= 0.3 is 5.97 Å². The van der Waals surface area contributed by atoms with Crippen LogP contribution < -0.4 is 10.6 Å². The van der Waals surface area contributed by atoms with Gasteiger partial charge in [-0.1, -0.05) is 20.3 Å². The van der Waals surface area contributed by atoms with Crippen LogP contribution in [0.4, 0.5) is 0 Å². The summed E-state index contributed by atoms with van der Waals surface area (Å²) in [5.74, 6) is 0.175. The quantitative estimate of drug-likeness (QED) is 0.655. The van der Waals surface area contributed by atoms with Gasteiger partial charge in [0.2, 0.25) is 0 Å². The van der Waals surface area contributed by atoms with Gasteiger partial charge in [0.25, 0.3) is 0 Å². The van der Waals surface area contributed by atoms with Crippen molar-refractivity contribution in [2.75, 3.05) is 20.2 Å². The average Bonchev–Trinajstić information content (AvgIpc) is 2.76. The molecular formula is C11H22N2O2. The predicted octanol–water partition coefficient (Wildman–Crippen LogP) is 0.526. The van der Waals surface area contributed by atoms with Crippen LogP contribution in [0.25, 0.3) is 0 Å². The molecule has 1 rings (SSSR count). The van der Waals surface area contributed by atoms with Crippen LogP contribution in [0.2, 0.25) is 0 Å². The molecule has 0 spiro atoms. The van der Waals surface area contributed by atoms with E-state index in [2.05, 4.69) is 24.5 Å². The normalized spacial score (nSPS) is 24.9. The first-order valence-corrected chi connectivity index (χ1v) is 5.73. The van der Waals surface area contributed by atoms with Crippen molar-refractivity contribution >= 4 is 5.97 Å². The highest BCUT2D eigenvalue weighted by Crippen LogP contribution is 2.11. The van der Waals surface area contributed by atoms with Crippen molar-refractivity contribution in [3.05, 3.63) is 0 Å². The minimum absolute atomic E-state index is 0.142. The van der Waals surface area contributed by atoms with E-state index in [1.165, 1.54) is 7.11 Å². The smallest absolute Gasteiger partial charge is 0.323 e. The van der Waals surface area contributed by atoms with Gasteiger partial charge in [-0.25, -0.2) is 0 Å². The lowest BCUT2D eigenvalue weighted by Gasteiger charge is -2.25. The molecule has 2 N–H and O–H groups in total. The van der Waals surface area contributed by atoms with E-state index in [0.29, 0.717) is 12.0 Å². The third-order valence-electron chi connectivity index (χ3n) is 3.14. The monoisotopic (exact) mass is 214 g/mol. The second-order valence-corrected chi connectivity index (χ2v) is 4.24. The van der Waals surface area contributed by atoms with Gasteiger partial charge in [-0.2, -0.15) is 0 Å². The fraction of sp³-hybridized carbons (Fsp3) is 0.909. The average molecular weight is 214 g/mol. The van der Waals surface area contributed by atoms with E-state index in [1.54, 1.807) is 0 Å². The third-order valence-corrected chi connectivity index (χ3v) is 3.14. The van der Waals surface area contributed by atoms with Gasteiger partial charge in [0, 0.05) is 12.6 Å². The van der Waals surface area contributed by atoms with Gasteiger partial charge < -0.3 is 15.4 Å². The number of carbonyl (C=O) groups is 1. The van der Waals surface area contributed by atoms with Crippen molar-refractivity contribution in [1.29, 1.82) is 0 Å². The summed E-state index contributed by atoms with van der Waals surface area (Å²) < 4.78 is 4.82. The van der Waals surface area contributed by atoms with Gasteiger partial charge in [0.05, 0.1) is 7.11 Å². The Morgan fingerprint density at radius 3 is 2.87 bits per heavy atom. The Morgan fingerprint density at radius 1 is 1.67 bits per heavy atom. The molecule has 1 aliphatic rings. The molecule has 4 heteroatoms. The first kappa shape index (κ1) is 12.5. The molecule has 0 saturated carbocycles. The number of methoxy groups -OCH3 is 1. The van der Waals surface area contributed by atoms with Crippen LogP contribution in [0.3, 0.4) is 0 Å². The van der Waals surface area contributed by atoms with E-state index in [-0.39, 0.29) is 12.0 Å². The number of hydrogen-bond acceptors (Lipinski definition) is 4. The zero-order valence-electron chi connectivity index (χ0n) is 9.88. The van der Waals surface area contributed by atoms with Crippen molar-refractivity contribution in [1.82, 2.24) is 10.6 Å². The van der Waals surface area contributed by atoms with Gasteiger partial charge in [0.1, 0.15) is 6.04 Å². The Hall–Kier alpha value is -0.610. The first-order valence-electron chi connectivity index (χ1n) is 5.73. The fourth-order valence-corrected chi connectivity index (χ4v) is 1.88. The van der Waals surface area contributed by atoms with Crippen LogP contribution in [0.1, 0.15) is 26.7 Å². The summed E-state index contributed by atoms with van der Waals surface area (Å²) in [6.07, 6.45) is 2.07. The van der Waals surface area contributed by atoms with E-state index < -0.39 is 0 Å². The molecule has 3 atom stereocenters. The van der Waals surface area contributed by atoms with Crippen molar-refractivity contribution in [2.24, 2.45) is 5.92 Å². The Kier molecular flexibility index (Phi) is 5.05. The summed E-state index contributed by atoms with van der Waals surface area (Å²) >= 11 is 0. The number of hydrogen-bond donors (Lipinski definition) is 2. The summed E-state index contributed by atoms with van der Waals surface area (Å²) in [5, 5.41) is 6.66. The minimum atomic E-state index is -0.162. The van der Waals surface area contributed by atoms with Gasteiger partial charge in [-0.3, -0.25) is 4.79 Å². The largest absolute Gasteiger partial charge is 0.468 e. The van der Waals surface area contributed by atoms with Crippen LogP contribution in [0, 0.1) is 5.92 Å². The van der Waals surface area contributed by atoms with Gasteiger partial charge in [-0.15, -0.1) is 0 Å². The number of ether oxygens (including phenoxy) is 1. The maximum Gasteiger partial charge on any atom is 0.323 e. The molecule has 3 unspecified atom stereocenters. The molecule has 0 bridgehead atoms.